The van der Waals surface area contributed by atoms with Crippen molar-refractivity contribution < 1.29 is 9.47 Å². The van der Waals surface area contributed by atoms with Gasteiger partial charge in [-0.3, -0.25) is 9.88 Å². The fraction of sp³-hybridized carbons (Fsp3) is 0.471. The Hall–Kier alpha value is -2.27. The van der Waals surface area contributed by atoms with E-state index in [1.54, 1.807) is 19.4 Å². The lowest BCUT2D eigenvalue weighted by atomic mass is 10.0. The van der Waals surface area contributed by atoms with Crippen molar-refractivity contribution in [1.82, 2.24) is 14.9 Å². The molecule has 2 aromatic heterocycles. The van der Waals surface area contributed by atoms with E-state index in [2.05, 4.69) is 20.9 Å². The lowest BCUT2D eigenvalue weighted by molar-refractivity contribution is -0.0226. The highest BCUT2D eigenvalue weighted by atomic mass is 16.5. The molecule has 2 N–H and O–H groups in total. The first-order chi connectivity index (χ1) is 11.7. The molecule has 3 heterocycles. The molecule has 1 atom stereocenters. The van der Waals surface area contributed by atoms with Crippen LogP contribution in [0.1, 0.15) is 11.1 Å². The lowest BCUT2D eigenvalue weighted by Crippen LogP contribution is -2.46. The summed E-state index contributed by atoms with van der Waals surface area (Å²) in [5.74, 6) is 0.523. The van der Waals surface area contributed by atoms with Gasteiger partial charge in [-0.05, 0) is 12.5 Å². The number of hydrogen-bond acceptors (Lipinski definition) is 7. The number of rotatable bonds is 5. The van der Waals surface area contributed by atoms with Crippen molar-refractivity contribution >= 4 is 11.0 Å². The van der Waals surface area contributed by atoms with Gasteiger partial charge in [0.15, 0.2) is 0 Å². The molecule has 0 bridgehead atoms. The molecule has 2 aromatic rings. The van der Waals surface area contributed by atoms with Crippen molar-refractivity contribution in [3.63, 3.8) is 0 Å². The Labute approximate surface area is 141 Å². The van der Waals surface area contributed by atoms with Gasteiger partial charge in [-0.25, -0.2) is 4.98 Å². The van der Waals surface area contributed by atoms with Crippen LogP contribution in [0.5, 0.6) is 5.88 Å². The molecule has 3 rings (SSSR count). The van der Waals surface area contributed by atoms with Gasteiger partial charge in [-0.1, -0.05) is 0 Å². The molecule has 0 aliphatic carbocycles. The summed E-state index contributed by atoms with van der Waals surface area (Å²) < 4.78 is 10.8. The molecule has 1 aliphatic rings. The third-order valence-corrected chi connectivity index (χ3v) is 4.29. The quantitative estimate of drug-likeness (QED) is 0.864. The third kappa shape index (κ3) is 3.46. The minimum absolute atomic E-state index is 0.0848. The first-order valence-corrected chi connectivity index (χ1v) is 8.02. The van der Waals surface area contributed by atoms with Crippen molar-refractivity contribution in [2.75, 3.05) is 39.9 Å². The standard InChI is InChI=1S/C17H21N5O2/c1-23-16-3-2-15-17(21-16)14(12(8-18)10-20-15)4-5-22-6-7-24-13(9-19)11-22/h2-3,10,13H,4-7,9,11,19H2,1H3/t13-/m0/s1. The summed E-state index contributed by atoms with van der Waals surface area (Å²) in [6, 6.07) is 5.87. The molecular formula is C17H21N5O2. The predicted molar refractivity (Wildman–Crippen MR) is 89.7 cm³/mol. The minimum Gasteiger partial charge on any atom is -0.481 e. The largest absolute Gasteiger partial charge is 0.481 e. The number of fused-ring (bicyclic) bond motifs is 1. The van der Waals surface area contributed by atoms with E-state index in [0.717, 1.165) is 42.7 Å². The van der Waals surface area contributed by atoms with Crippen molar-refractivity contribution in [2.45, 2.75) is 12.5 Å². The number of pyridine rings is 2. The summed E-state index contributed by atoms with van der Waals surface area (Å²) in [4.78, 5) is 11.1. The van der Waals surface area contributed by atoms with Gasteiger partial charge in [0.2, 0.25) is 5.88 Å². The molecule has 0 radical (unpaired) electrons. The zero-order valence-electron chi connectivity index (χ0n) is 13.7. The van der Waals surface area contributed by atoms with E-state index in [0.29, 0.717) is 24.6 Å². The van der Waals surface area contributed by atoms with Crippen LogP contribution in [0.4, 0.5) is 0 Å². The van der Waals surface area contributed by atoms with Crippen LogP contribution in [0.2, 0.25) is 0 Å². The smallest absolute Gasteiger partial charge is 0.213 e. The zero-order valence-corrected chi connectivity index (χ0v) is 13.7. The van der Waals surface area contributed by atoms with E-state index in [9.17, 15) is 5.26 Å². The second kappa shape index (κ2) is 7.53. The van der Waals surface area contributed by atoms with Crippen LogP contribution in [0.3, 0.4) is 0 Å². The lowest BCUT2D eigenvalue weighted by Gasteiger charge is -2.32. The number of nitriles is 1. The number of nitrogens with two attached hydrogens (primary N) is 1. The van der Waals surface area contributed by atoms with Crippen molar-refractivity contribution in [1.29, 1.82) is 5.26 Å². The summed E-state index contributed by atoms with van der Waals surface area (Å²) >= 11 is 0. The SMILES string of the molecule is COc1ccc2ncc(C#N)c(CCN3CCO[C@@H](CN)C3)c2n1. The van der Waals surface area contributed by atoms with Crippen molar-refractivity contribution in [3.05, 3.63) is 29.5 Å². The molecule has 0 amide bonds. The molecule has 24 heavy (non-hydrogen) atoms. The monoisotopic (exact) mass is 327 g/mol. The number of methoxy groups -OCH3 is 1. The second-order valence-corrected chi connectivity index (χ2v) is 5.76. The number of aromatic nitrogens is 2. The Morgan fingerprint density at radius 3 is 3.12 bits per heavy atom. The Morgan fingerprint density at radius 2 is 2.38 bits per heavy atom. The van der Waals surface area contributed by atoms with Crippen LogP contribution < -0.4 is 10.5 Å². The van der Waals surface area contributed by atoms with Gasteiger partial charge in [0, 0.05) is 44.0 Å². The maximum atomic E-state index is 9.42. The van der Waals surface area contributed by atoms with Crippen LogP contribution in [-0.2, 0) is 11.2 Å². The van der Waals surface area contributed by atoms with Crippen LogP contribution >= 0.6 is 0 Å². The molecule has 1 aliphatic heterocycles. The van der Waals surface area contributed by atoms with E-state index in [-0.39, 0.29) is 6.10 Å². The molecule has 1 saturated heterocycles. The van der Waals surface area contributed by atoms with E-state index < -0.39 is 0 Å². The maximum Gasteiger partial charge on any atom is 0.213 e. The molecule has 0 aromatic carbocycles. The predicted octanol–water partition coefficient (Wildman–Crippen LogP) is 0.712. The molecule has 7 heteroatoms. The first kappa shape index (κ1) is 16.6. The zero-order chi connectivity index (χ0) is 16.9. The maximum absolute atomic E-state index is 9.42. The fourth-order valence-electron chi connectivity index (χ4n) is 2.96. The summed E-state index contributed by atoms with van der Waals surface area (Å²) in [6.07, 6.45) is 2.43. The van der Waals surface area contributed by atoms with E-state index in [1.807, 2.05) is 6.07 Å². The Balaban J connectivity index is 1.85. The van der Waals surface area contributed by atoms with Crippen LogP contribution in [-0.4, -0.2) is 60.9 Å². The van der Waals surface area contributed by atoms with Crippen LogP contribution in [0, 0.1) is 11.3 Å². The second-order valence-electron chi connectivity index (χ2n) is 5.76. The Kier molecular flexibility index (Phi) is 5.20. The highest BCUT2D eigenvalue weighted by molar-refractivity contribution is 5.80. The van der Waals surface area contributed by atoms with Gasteiger partial charge in [0.1, 0.15) is 6.07 Å². The van der Waals surface area contributed by atoms with E-state index >= 15 is 0 Å². The summed E-state index contributed by atoms with van der Waals surface area (Å²) in [5.41, 5.74) is 8.68. The Morgan fingerprint density at radius 1 is 1.50 bits per heavy atom. The summed E-state index contributed by atoms with van der Waals surface area (Å²) in [6.45, 7) is 3.73. The molecule has 0 spiro atoms. The minimum atomic E-state index is 0.0848. The van der Waals surface area contributed by atoms with Gasteiger partial charge in [0.25, 0.3) is 0 Å². The highest BCUT2D eigenvalue weighted by Crippen LogP contribution is 2.22. The topological polar surface area (TPSA) is 97.3 Å². The average Bonchev–Trinajstić information content (AvgIpc) is 2.65. The highest BCUT2D eigenvalue weighted by Gasteiger charge is 2.20. The Bertz CT molecular complexity index is 758. The summed E-state index contributed by atoms with van der Waals surface area (Å²) in [5, 5.41) is 9.42. The normalized spacial score (nSPS) is 18.5. The first-order valence-electron chi connectivity index (χ1n) is 8.02. The number of morpholine rings is 1. The third-order valence-electron chi connectivity index (χ3n) is 4.29. The summed E-state index contributed by atoms with van der Waals surface area (Å²) in [7, 11) is 1.58. The van der Waals surface area contributed by atoms with Gasteiger partial charge < -0.3 is 15.2 Å². The van der Waals surface area contributed by atoms with Crippen molar-refractivity contribution in [3.8, 4) is 11.9 Å². The van der Waals surface area contributed by atoms with E-state index in [4.69, 9.17) is 15.2 Å². The molecule has 0 unspecified atom stereocenters. The molecule has 7 nitrogen and oxygen atoms in total. The van der Waals surface area contributed by atoms with Crippen molar-refractivity contribution in [2.24, 2.45) is 5.73 Å². The van der Waals surface area contributed by atoms with Gasteiger partial charge in [0.05, 0.1) is 36.4 Å². The number of hydrogen-bond donors (Lipinski definition) is 1. The van der Waals surface area contributed by atoms with Gasteiger partial charge >= 0.3 is 0 Å². The molecule has 0 saturated carbocycles. The molecule has 1 fully saturated rings. The fourth-order valence-corrected chi connectivity index (χ4v) is 2.96. The van der Waals surface area contributed by atoms with Gasteiger partial charge in [-0.2, -0.15) is 5.26 Å². The molecular weight excluding hydrogens is 306 g/mol. The number of nitrogens with zero attached hydrogens (tertiary/aromatic N) is 4. The van der Waals surface area contributed by atoms with Crippen LogP contribution in [0.15, 0.2) is 18.3 Å². The average molecular weight is 327 g/mol. The van der Waals surface area contributed by atoms with E-state index in [1.165, 1.54) is 0 Å². The van der Waals surface area contributed by atoms with Gasteiger partial charge in [-0.15, -0.1) is 0 Å². The molecule has 126 valence electrons. The number of ether oxygens (including phenoxy) is 2. The van der Waals surface area contributed by atoms with Crippen LogP contribution in [0.25, 0.3) is 11.0 Å².